The standard InChI is InChI=1S/C11H15ClN2/c1-2-10-13-9-7-5-3-4-6-8(9)11(12)14-10/h2-7H2,1H3. The van der Waals surface area contributed by atoms with Crippen LogP contribution in [0.4, 0.5) is 0 Å². The number of rotatable bonds is 1. The highest BCUT2D eigenvalue weighted by Crippen LogP contribution is 2.24. The van der Waals surface area contributed by atoms with Crippen LogP contribution in [0, 0.1) is 0 Å². The Kier molecular flexibility index (Phi) is 3.02. The first-order valence-electron chi connectivity index (χ1n) is 5.35. The van der Waals surface area contributed by atoms with Crippen molar-refractivity contribution in [3.63, 3.8) is 0 Å². The number of nitrogens with zero attached hydrogens (tertiary/aromatic N) is 2. The van der Waals surface area contributed by atoms with Gasteiger partial charge < -0.3 is 0 Å². The third-order valence-corrected chi connectivity index (χ3v) is 3.06. The van der Waals surface area contributed by atoms with Crippen LogP contribution in [0.2, 0.25) is 5.15 Å². The summed E-state index contributed by atoms with van der Waals surface area (Å²) in [5, 5.41) is 0.689. The highest BCUT2D eigenvalue weighted by molar-refractivity contribution is 6.30. The smallest absolute Gasteiger partial charge is 0.136 e. The van der Waals surface area contributed by atoms with E-state index in [0.29, 0.717) is 5.15 Å². The van der Waals surface area contributed by atoms with Crippen molar-refractivity contribution < 1.29 is 0 Å². The van der Waals surface area contributed by atoms with Crippen molar-refractivity contribution in [2.45, 2.75) is 45.4 Å². The number of aryl methyl sites for hydroxylation is 2. The maximum absolute atomic E-state index is 6.15. The topological polar surface area (TPSA) is 25.8 Å². The second-order valence-electron chi connectivity index (χ2n) is 3.77. The molecule has 3 heteroatoms. The van der Waals surface area contributed by atoms with Gasteiger partial charge in [0.25, 0.3) is 0 Å². The maximum atomic E-state index is 6.15. The Morgan fingerprint density at radius 3 is 2.71 bits per heavy atom. The van der Waals surface area contributed by atoms with Gasteiger partial charge in [0, 0.05) is 17.7 Å². The lowest BCUT2D eigenvalue weighted by atomic mass is 10.1. The molecule has 0 saturated carbocycles. The quantitative estimate of drug-likeness (QED) is 0.526. The molecule has 0 saturated heterocycles. The summed E-state index contributed by atoms with van der Waals surface area (Å²) in [6.07, 6.45) is 6.74. The van der Waals surface area contributed by atoms with Crippen LogP contribution in [-0.2, 0) is 19.3 Å². The van der Waals surface area contributed by atoms with E-state index < -0.39 is 0 Å². The second-order valence-corrected chi connectivity index (χ2v) is 4.13. The molecule has 0 atom stereocenters. The predicted molar refractivity (Wildman–Crippen MR) is 57.7 cm³/mol. The molecule has 0 spiro atoms. The van der Waals surface area contributed by atoms with E-state index in [1.165, 1.54) is 30.5 Å². The number of hydrogen-bond donors (Lipinski definition) is 0. The summed E-state index contributed by atoms with van der Waals surface area (Å²) in [4.78, 5) is 8.86. The van der Waals surface area contributed by atoms with E-state index in [2.05, 4.69) is 16.9 Å². The van der Waals surface area contributed by atoms with Crippen LogP contribution >= 0.6 is 11.6 Å². The van der Waals surface area contributed by atoms with Crippen molar-refractivity contribution in [1.82, 2.24) is 9.97 Å². The number of hydrogen-bond acceptors (Lipinski definition) is 2. The molecule has 0 amide bonds. The Morgan fingerprint density at radius 2 is 1.93 bits per heavy atom. The third kappa shape index (κ3) is 1.90. The summed E-state index contributed by atoms with van der Waals surface area (Å²) in [6.45, 7) is 2.06. The fourth-order valence-corrected chi connectivity index (χ4v) is 2.23. The summed E-state index contributed by atoms with van der Waals surface area (Å²) >= 11 is 6.15. The van der Waals surface area contributed by atoms with Gasteiger partial charge in [-0.25, -0.2) is 9.97 Å². The molecule has 0 fully saturated rings. The summed E-state index contributed by atoms with van der Waals surface area (Å²) < 4.78 is 0. The summed E-state index contributed by atoms with van der Waals surface area (Å²) in [5.41, 5.74) is 2.39. The highest BCUT2D eigenvalue weighted by Gasteiger charge is 2.14. The van der Waals surface area contributed by atoms with Crippen LogP contribution < -0.4 is 0 Å². The minimum Gasteiger partial charge on any atom is -0.238 e. The van der Waals surface area contributed by atoms with Crippen molar-refractivity contribution in [3.8, 4) is 0 Å². The van der Waals surface area contributed by atoms with Gasteiger partial charge in [-0.1, -0.05) is 24.9 Å². The number of aromatic nitrogens is 2. The molecule has 76 valence electrons. The highest BCUT2D eigenvalue weighted by atomic mass is 35.5. The van der Waals surface area contributed by atoms with Crippen molar-refractivity contribution in [2.75, 3.05) is 0 Å². The molecule has 0 aromatic carbocycles. The van der Waals surface area contributed by atoms with Gasteiger partial charge in [-0.05, 0) is 25.7 Å². The molecule has 0 unspecified atom stereocenters. The molecule has 1 aromatic heterocycles. The van der Waals surface area contributed by atoms with Gasteiger partial charge in [0.2, 0.25) is 0 Å². The molecule has 1 aliphatic rings. The van der Waals surface area contributed by atoms with Crippen LogP contribution in [0.3, 0.4) is 0 Å². The van der Waals surface area contributed by atoms with Gasteiger partial charge in [-0.2, -0.15) is 0 Å². The Morgan fingerprint density at radius 1 is 1.14 bits per heavy atom. The van der Waals surface area contributed by atoms with E-state index >= 15 is 0 Å². The summed E-state index contributed by atoms with van der Waals surface area (Å²) in [6, 6.07) is 0. The van der Waals surface area contributed by atoms with Crippen LogP contribution in [-0.4, -0.2) is 9.97 Å². The van der Waals surface area contributed by atoms with Gasteiger partial charge in [0.05, 0.1) is 0 Å². The average molecular weight is 211 g/mol. The zero-order valence-electron chi connectivity index (χ0n) is 8.52. The van der Waals surface area contributed by atoms with Crippen molar-refractivity contribution in [2.24, 2.45) is 0 Å². The van der Waals surface area contributed by atoms with E-state index in [4.69, 9.17) is 11.6 Å². The van der Waals surface area contributed by atoms with Crippen LogP contribution in [0.15, 0.2) is 0 Å². The van der Waals surface area contributed by atoms with Crippen LogP contribution in [0.1, 0.15) is 43.3 Å². The normalized spacial score (nSPS) is 16.1. The SMILES string of the molecule is CCc1nc(Cl)c2c(n1)CCCCC2. The fourth-order valence-electron chi connectivity index (χ4n) is 1.93. The molecule has 0 aliphatic heterocycles. The lowest BCUT2D eigenvalue weighted by Crippen LogP contribution is -2.03. The van der Waals surface area contributed by atoms with Gasteiger partial charge in [0.15, 0.2) is 0 Å². The van der Waals surface area contributed by atoms with Crippen molar-refractivity contribution in [3.05, 3.63) is 22.2 Å². The molecular formula is C11H15ClN2. The van der Waals surface area contributed by atoms with E-state index in [9.17, 15) is 0 Å². The average Bonchev–Trinajstić information content (AvgIpc) is 2.42. The molecule has 1 aromatic rings. The van der Waals surface area contributed by atoms with E-state index in [-0.39, 0.29) is 0 Å². The van der Waals surface area contributed by atoms with Gasteiger partial charge >= 0.3 is 0 Å². The predicted octanol–water partition coefficient (Wildman–Crippen LogP) is 2.96. The van der Waals surface area contributed by atoms with E-state index in [1.54, 1.807) is 0 Å². The zero-order valence-corrected chi connectivity index (χ0v) is 9.27. The molecule has 1 aliphatic carbocycles. The van der Waals surface area contributed by atoms with Crippen molar-refractivity contribution >= 4 is 11.6 Å². The molecule has 0 N–H and O–H groups in total. The van der Waals surface area contributed by atoms with Gasteiger partial charge in [-0.15, -0.1) is 0 Å². The molecular weight excluding hydrogens is 196 g/mol. The van der Waals surface area contributed by atoms with Crippen molar-refractivity contribution in [1.29, 1.82) is 0 Å². The molecule has 2 rings (SSSR count). The minimum atomic E-state index is 0.689. The Hall–Kier alpha value is -0.630. The Labute approximate surface area is 89.7 Å². The van der Waals surface area contributed by atoms with E-state index in [0.717, 1.165) is 25.1 Å². The molecule has 0 bridgehead atoms. The molecule has 2 nitrogen and oxygen atoms in total. The summed E-state index contributed by atoms with van der Waals surface area (Å²) in [5.74, 6) is 0.885. The molecule has 14 heavy (non-hydrogen) atoms. The largest absolute Gasteiger partial charge is 0.238 e. The Balaban J connectivity index is 2.43. The maximum Gasteiger partial charge on any atom is 0.136 e. The van der Waals surface area contributed by atoms with E-state index in [1.807, 2.05) is 0 Å². The molecule has 1 heterocycles. The number of fused-ring (bicyclic) bond motifs is 1. The van der Waals surface area contributed by atoms with Crippen LogP contribution in [0.5, 0.6) is 0 Å². The lowest BCUT2D eigenvalue weighted by molar-refractivity contribution is 0.708. The fraction of sp³-hybridized carbons (Fsp3) is 0.636. The monoisotopic (exact) mass is 210 g/mol. The van der Waals surface area contributed by atoms with Gasteiger partial charge in [0.1, 0.15) is 11.0 Å². The lowest BCUT2D eigenvalue weighted by Gasteiger charge is -2.07. The Bertz CT molecular complexity index is 336. The number of halogens is 1. The molecule has 0 radical (unpaired) electrons. The zero-order chi connectivity index (χ0) is 9.97. The third-order valence-electron chi connectivity index (χ3n) is 2.75. The first kappa shape index (κ1) is 9.91. The minimum absolute atomic E-state index is 0.689. The second kappa shape index (κ2) is 4.26. The van der Waals surface area contributed by atoms with Crippen LogP contribution in [0.25, 0.3) is 0 Å². The first-order chi connectivity index (χ1) is 6.81. The summed E-state index contributed by atoms with van der Waals surface area (Å²) in [7, 11) is 0. The first-order valence-corrected chi connectivity index (χ1v) is 5.73. The van der Waals surface area contributed by atoms with Gasteiger partial charge in [-0.3, -0.25) is 0 Å².